The molecule has 126 valence electrons. The minimum absolute atomic E-state index is 0.161. The number of Topliss-reactive ketones (excluding diaryl/α,β-unsaturated/α-hetero) is 1. The van der Waals surface area contributed by atoms with Crippen LogP contribution in [0, 0.1) is 0 Å². The molecule has 0 radical (unpaired) electrons. The molecule has 0 amide bonds. The molecule has 1 aliphatic rings. The minimum Gasteiger partial charge on any atom is -0.345 e. The van der Waals surface area contributed by atoms with Crippen LogP contribution in [0.3, 0.4) is 0 Å². The lowest BCUT2D eigenvalue weighted by Gasteiger charge is -2.20. The van der Waals surface area contributed by atoms with Gasteiger partial charge in [0.05, 0.1) is 17.4 Å². The van der Waals surface area contributed by atoms with Crippen molar-refractivity contribution >= 4 is 22.6 Å². The van der Waals surface area contributed by atoms with Gasteiger partial charge in [-0.25, -0.2) is 9.97 Å². The van der Waals surface area contributed by atoms with E-state index in [4.69, 9.17) is 4.98 Å². The van der Waals surface area contributed by atoms with Gasteiger partial charge in [0.25, 0.3) is 0 Å². The van der Waals surface area contributed by atoms with E-state index in [9.17, 15) is 4.79 Å². The molecule has 0 spiro atoms. The summed E-state index contributed by atoms with van der Waals surface area (Å²) in [5.74, 6) is 0.879. The summed E-state index contributed by atoms with van der Waals surface area (Å²) in [6, 6.07) is 0. The smallest absolute Gasteiger partial charge is 0.156 e. The van der Waals surface area contributed by atoms with Crippen LogP contribution < -0.4 is 5.32 Å². The maximum absolute atomic E-state index is 11.5. The van der Waals surface area contributed by atoms with E-state index in [2.05, 4.69) is 32.8 Å². The monoisotopic (exact) mass is 325 g/mol. The molecule has 6 nitrogen and oxygen atoms in total. The Bertz CT molecular complexity index is 887. The van der Waals surface area contributed by atoms with Crippen LogP contribution in [0.1, 0.15) is 56.2 Å². The largest absolute Gasteiger partial charge is 0.345 e. The quantitative estimate of drug-likeness (QED) is 0.773. The van der Waals surface area contributed by atoms with Crippen LogP contribution in [0.5, 0.6) is 0 Å². The van der Waals surface area contributed by atoms with Gasteiger partial charge in [0.2, 0.25) is 0 Å². The van der Waals surface area contributed by atoms with Gasteiger partial charge in [-0.05, 0) is 44.3 Å². The number of nitrogens with zero attached hydrogens (tertiary/aromatic N) is 3. The number of piperidine rings is 1. The lowest BCUT2D eigenvalue weighted by molar-refractivity contribution is -0.117. The average molecular weight is 325 g/mol. The molecule has 0 saturated carbocycles. The van der Waals surface area contributed by atoms with E-state index in [1.807, 2.05) is 12.4 Å². The third kappa shape index (κ3) is 2.60. The maximum atomic E-state index is 11.5. The molecule has 1 fully saturated rings. The molecular formula is C18H23N5O. The van der Waals surface area contributed by atoms with Crippen molar-refractivity contribution < 1.29 is 4.79 Å². The van der Waals surface area contributed by atoms with Gasteiger partial charge in [-0.1, -0.05) is 6.92 Å². The van der Waals surface area contributed by atoms with E-state index in [0.29, 0.717) is 12.3 Å². The normalized spacial score (nSPS) is 17.6. The summed E-state index contributed by atoms with van der Waals surface area (Å²) in [5, 5.41) is 3.40. The Balaban J connectivity index is 1.81. The highest BCUT2D eigenvalue weighted by molar-refractivity contribution is 5.81. The number of H-pyrrole nitrogens is 1. The van der Waals surface area contributed by atoms with Crippen molar-refractivity contribution in [3.63, 3.8) is 0 Å². The number of nitrogens with one attached hydrogen (secondary N) is 2. The topological polar surface area (TPSA) is 75.1 Å². The summed E-state index contributed by atoms with van der Waals surface area (Å²) in [7, 11) is 0. The summed E-state index contributed by atoms with van der Waals surface area (Å²) in [6.45, 7) is 5.84. The van der Waals surface area contributed by atoms with Gasteiger partial charge in [-0.15, -0.1) is 0 Å². The Morgan fingerprint density at radius 2 is 2.21 bits per heavy atom. The lowest BCUT2D eigenvalue weighted by atomic mass is 9.95. The first kappa shape index (κ1) is 15.3. The number of carbonyl (C=O) groups excluding carboxylic acids is 1. The second kappa shape index (κ2) is 6.02. The molecule has 24 heavy (non-hydrogen) atoms. The number of hydrogen-bond acceptors (Lipinski definition) is 4. The predicted molar refractivity (Wildman–Crippen MR) is 93.4 cm³/mol. The fourth-order valence-corrected chi connectivity index (χ4v) is 3.81. The fourth-order valence-electron chi connectivity index (χ4n) is 3.81. The number of imidazole rings is 1. The Morgan fingerprint density at radius 3 is 2.96 bits per heavy atom. The first-order chi connectivity index (χ1) is 11.6. The summed E-state index contributed by atoms with van der Waals surface area (Å²) in [4.78, 5) is 24.1. The van der Waals surface area contributed by atoms with E-state index in [1.54, 1.807) is 6.92 Å². The SMILES string of the molecule is CC(=O)CC(C)c1c[nH]c2ncc3nc(C4CCNCC4)cn3c12. The van der Waals surface area contributed by atoms with Crippen LogP contribution in [0.4, 0.5) is 0 Å². The molecule has 1 atom stereocenters. The third-order valence-electron chi connectivity index (χ3n) is 5.05. The van der Waals surface area contributed by atoms with Gasteiger partial charge in [-0.2, -0.15) is 0 Å². The van der Waals surface area contributed by atoms with E-state index in [1.165, 1.54) is 0 Å². The fraction of sp³-hybridized carbons (Fsp3) is 0.500. The van der Waals surface area contributed by atoms with E-state index >= 15 is 0 Å². The number of hydrogen-bond donors (Lipinski definition) is 2. The predicted octanol–water partition coefficient (Wildman–Crippen LogP) is 2.76. The van der Waals surface area contributed by atoms with E-state index < -0.39 is 0 Å². The summed E-state index contributed by atoms with van der Waals surface area (Å²) in [5.41, 5.74) is 5.06. The molecule has 1 saturated heterocycles. The second-order valence-corrected chi connectivity index (χ2v) is 6.92. The van der Waals surface area contributed by atoms with Gasteiger partial charge in [0.1, 0.15) is 5.78 Å². The minimum atomic E-state index is 0.161. The molecule has 1 aliphatic heterocycles. The van der Waals surface area contributed by atoms with Crippen LogP contribution in [-0.4, -0.2) is 38.2 Å². The molecule has 0 aromatic carbocycles. The van der Waals surface area contributed by atoms with Crippen molar-refractivity contribution in [3.05, 3.63) is 29.8 Å². The summed E-state index contributed by atoms with van der Waals surface area (Å²) < 4.78 is 2.14. The molecule has 6 heteroatoms. The lowest BCUT2D eigenvalue weighted by Crippen LogP contribution is -2.26. The van der Waals surface area contributed by atoms with Gasteiger partial charge >= 0.3 is 0 Å². The van der Waals surface area contributed by atoms with Crippen molar-refractivity contribution in [2.45, 2.75) is 44.9 Å². The summed E-state index contributed by atoms with van der Waals surface area (Å²) >= 11 is 0. The number of ketones is 1. The highest BCUT2D eigenvalue weighted by atomic mass is 16.1. The zero-order valence-corrected chi connectivity index (χ0v) is 14.2. The Hall–Kier alpha value is -2.21. The van der Waals surface area contributed by atoms with Crippen LogP contribution in [0.25, 0.3) is 16.8 Å². The van der Waals surface area contributed by atoms with Crippen molar-refractivity contribution in [3.8, 4) is 0 Å². The summed E-state index contributed by atoms with van der Waals surface area (Å²) in [6.07, 6.45) is 8.76. The van der Waals surface area contributed by atoms with Crippen LogP contribution >= 0.6 is 0 Å². The maximum Gasteiger partial charge on any atom is 0.156 e. The van der Waals surface area contributed by atoms with Crippen LogP contribution in [0.15, 0.2) is 18.6 Å². The zero-order chi connectivity index (χ0) is 16.7. The molecule has 3 aromatic heterocycles. The first-order valence-electron chi connectivity index (χ1n) is 8.68. The van der Waals surface area contributed by atoms with Gasteiger partial charge in [-0.3, -0.25) is 4.40 Å². The first-order valence-corrected chi connectivity index (χ1v) is 8.68. The van der Waals surface area contributed by atoms with Gasteiger partial charge in [0, 0.05) is 24.7 Å². The van der Waals surface area contributed by atoms with Gasteiger partial charge in [0.15, 0.2) is 11.3 Å². The third-order valence-corrected chi connectivity index (χ3v) is 5.05. The van der Waals surface area contributed by atoms with Crippen molar-refractivity contribution in [2.24, 2.45) is 0 Å². The molecule has 1 unspecified atom stereocenters. The van der Waals surface area contributed by atoms with Crippen molar-refractivity contribution in [2.75, 3.05) is 13.1 Å². The van der Waals surface area contributed by atoms with Crippen molar-refractivity contribution in [1.29, 1.82) is 0 Å². The number of aromatic amines is 1. The van der Waals surface area contributed by atoms with Crippen LogP contribution in [-0.2, 0) is 4.79 Å². The number of rotatable bonds is 4. The van der Waals surface area contributed by atoms with E-state index in [-0.39, 0.29) is 11.7 Å². The zero-order valence-electron chi connectivity index (χ0n) is 14.2. The molecule has 0 bridgehead atoms. The number of fused-ring (bicyclic) bond motifs is 3. The van der Waals surface area contributed by atoms with Crippen molar-refractivity contribution in [1.82, 2.24) is 24.7 Å². The Labute approximate surface area is 140 Å². The molecule has 2 N–H and O–H groups in total. The molecule has 4 heterocycles. The highest BCUT2D eigenvalue weighted by Gasteiger charge is 2.21. The molecule has 3 aromatic rings. The van der Waals surface area contributed by atoms with Gasteiger partial charge < -0.3 is 15.1 Å². The highest BCUT2D eigenvalue weighted by Crippen LogP contribution is 2.30. The molecule has 0 aliphatic carbocycles. The van der Waals surface area contributed by atoms with Crippen LogP contribution in [0.2, 0.25) is 0 Å². The standard InChI is InChI=1S/C18H23N5O/c1-11(7-12(2)24)14-8-20-18-17(14)23-10-15(22-16(23)9-21-18)13-3-5-19-6-4-13/h8-11,13,19-20H,3-7H2,1-2H3. The average Bonchev–Trinajstić information content (AvgIpc) is 3.18. The second-order valence-electron chi connectivity index (χ2n) is 6.92. The number of carbonyl (C=O) groups is 1. The molecular weight excluding hydrogens is 302 g/mol. The number of aromatic nitrogens is 4. The Kier molecular flexibility index (Phi) is 3.84. The Morgan fingerprint density at radius 1 is 1.42 bits per heavy atom. The molecule has 4 rings (SSSR count). The van der Waals surface area contributed by atoms with E-state index in [0.717, 1.165) is 54.0 Å².